The molecule has 2 N–H and O–H groups in total. The summed E-state index contributed by atoms with van der Waals surface area (Å²) in [6.45, 7) is 2.31. The van der Waals surface area contributed by atoms with Gasteiger partial charge in [0.2, 0.25) is 0 Å². The van der Waals surface area contributed by atoms with Crippen LogP contribution in [0.1, 0.15) is 6.42 Å². The van der Waals surface area contributed by atoms with Crippen LogP contribution in [0.25, 0.3) is 0 Å². The smallest absolute Gasteiger partial charge is 0.0982 e. The zero-order valence-corrected chi connectivity index (χ0v) is 5.57. The number of hydrogen-bond donors (Lipinski definition) is 2. The minimum absolute atomic E-state index is 0.889. The summed E-state index contributed by atoms with van der Waals surface area (Å²) in [5.74, 6) is 0. The van der Waals surface area contributed by atoms with Gasteiger partial charge in [0.1, 0.15) is 0 Å². The molecule has 0 aromatic rings. The fourth-order valence-electron chi connectivity index (χ4n) is 0.889. The van der Waals surface area contributed by atoms with E-state index in [1.807, 2.05) is 0 Å². The quantitative estimate of drug-likeness (QED) is 0.416. The van der Waals surface area contributed by atoms with Gasteiger partial charge < -0.3 is 0 Å². The van der Waals surface area contributed by atoms with E-state index in [1.54, 1.807) is 0 Å². The maximum atomic E-state index is 3.15. The minimum atomic E-state index is 0.889. The van der Waals surface area contributed by atoms with Crippen LogP contribution >= 0.6 is 0 Å². The molecule has 1 heterocycles. The second-order valence-corrected chi connectivity index (χ2v) is 2.80. The summed E-state index contributed by atoms with van der Waals surface area (Å²) in [4.78, 5) is 0. The number of hydrogen-bond acceptors (Lipinski definition) is 2. The summed E-state index contributed by atoms with van der Waals surface area (Å²) in [6, 6.07) is 0. The van der Waals surface area contributed by atoms with E-state index in [9.17, 15) is 0 Å². The Morgan fingerprint density at radius 2 is 2.12 bits per heavy atom. The summed E-state index contributed by atoms with van der Waals surface area (Å²) in [5, 5.41) is 0. The Morgan fingerprint density at radius 1 is 1.38 bits per heavy atom. The third kappa shape index (κ3) is 1.43. The second-order valence-electron chi connectivity index (χ2n) is 2.80. The molecular formula is C5H14N3+. The van der Waals surface area contributed by atoms with Crippen LogP contribution in [-0.4, -0.2) is 31.8 Å². The van der Waals surface area contributed by atoms with Gasteiger partial charge in [-0.25, -0.2) is 10.0 Å². The largest absolute Gasteiger partial charge is 0.237 e. The van der Waals surface area contributed by atoms with Gasteiger partial charge in [0.25, 0.3) is 0 Å². The van der Waals surface area contributed by atoms with Crippen molar-refractivity contribution in [3.63, 3.8) is 0 Å². The van der Waals surface area contributed by atoms with Gasteiger partial charge in [-0.3, -0.25) is 0 Å². The van der Waals surface area contributed by atoms with Crippen molar-refractivity contribution in [2.24, 2.45) is 0 Å². The summed E-state index contributed by atoms with van der Waals surface area (Å²) < 4.78 is 0.889. The van der Waals surface area contributed by atoms with Crippen LogP contribution in [0.5, 0.6) is 0 Å². The molecular weight excluding hydrogens is 102 g/mol. The number of rotatable bonds is 0. The molecule has 0 aromatic heterocycles. The second kappa shape index (κ2) is 2.01. The van der Waals surface area contributed by atoms with E-state index < -0.39 is 0 Å². The number of nitrogens with zero attached hydrogens (tertiary/aromatic N) is 1. The van der Waals surface area contributed by atoms with Gasteiger partial charge in [-0.1, -0.05) is 5.53 Å². The van der Waals surface area contributed by atoms with Crippen molar-refractivity contribution in [3.05, 3.63) is 0 Å². The third-order valence-electron chi connectivity index (χ3n) is 1.40. The molecule has 0 saturated carbocycles. The molecule has 0 bridgehead atoms. The van der Waals surface area contributed by atoms with Crippen molar-refractivity contribution in [2.45, 2.75) is 6.42 Å². The molecule has 0 radical (unpaired) electrons. The van der Waals surface area contributed by atoms with Gasteiger partial charge in [0.05, 0.1) is 20.6 Å². The van der Waals surface area contributed by atoms with Gasteiger partial charge in [-0.15, -0.1) is 0 Å². The first-order valence-corrected chi connectivity index (χ1v) is 3.04. The molecule has 0 atom stereocenters. The van der Waals surface area contributed by atoms with Crippen molar-refractivity contribution in [1.82, 2.24) is 11.0 Å². The first kappa shape index (κ1) is 6.01. The number of nitrogens with one attached hydrogen (secondary N) is 2. The highest BCUT2D eigenvalue weighted by atomic mass is 15.8. The van der Waals surface area contributed by atoms with Crippen LogP contribution in [0.15, 0.2) is 0 Å². The average Bonchev–Trinajstić information content (AvgIpc) is 1.65. The predicted octanol–water partition coefficient (Wildman–Crippen LogP) is -0.524. The highest BCUT2D eigenvalue weighted by Crippen LogP contribution is 1.95. The van der Waals surface area contributed by atoms with E-state index in [-0.39, 0.29) is 0 Å². The highest BCUT2D eigenvalue weighted by Gasteiger charge is 2.17. The highest BCUT2D eigenvalue weighted by molar-refractivity contribution is 4.42. The molecule has 0 aliphatic carbocycles. The van der Waals surface area contributed by atoms with E-state index in [0.29, 0.717) is 0 Å². The van der Waals surface area contributed by atoms with Crippen molar-refractivity contribution in [2.75, 3.05) is 27.2 Å². The van der Waals surface area contributed by atoms with Gasteiger partial charge >= 0.3 is 0 Å². The predicted molar refractivity (Wildman–Crippen MR) is 32.7 cm³/mol. The Labute approximate surface area is 50.2 Å². The molecule has 1 aliphatic heterocycles. The fraction of sp³-hybridized carbons (Fsp3) is 1.00. The Balaban J connectivity index is 2.33. The van der Waals surface area contributed by atoms with Crippen molar-refractivity contribution >= 4 is 0 Å². The van der Waals surface area contributed by atoms with Crippen LogP contribution in [0.2, 0.25) is 0 Å². The topological polar surface area (TPSA) is 24.1 Å². The van der Waals surface area contributed by atoms with Crippen molar-refractivity contribution in [1.29, 1.82) is 0 Å². The lowest BCUT2D eigenvalue weighted by Gasteiger charge is -2.33. The lowest BCUT2D eigenvalue weighted by Crippen LogP contribution is -2.62. The summed E-state index contributed by atoms with van der Waals surface area (Å²) in [6.07, 6.45) is 1.26. The maximum absolute atomic E-state index is 3.15. The molecule has 8 heavy (non-hydrogen) atoms. The zero-order chi connectivity index (χ0) is 6.04. The molecule has 48 valence electrons. The minimum Gasteiger partial charge on any atom is -0.237 e. The van der Waals surface area contributed by atoms with Gasteiger partial charge in [-0.05, 0) is 0 Å². The standard InChI is InChI=1S/C5H14N3/c1-8(2)5-3-4-6-7-8/h6-7H,3-5H2,1-2H3/q+1. The van der Waals surface area contributed by atoms with E-state index in [0.717, 1.165) is 11.1 Å². The van der Waals surface area contributed by atoms with Crippen LogP contribution in [0.3, 0.4) is 0 Å². The summed E-state index contributed by atoms with van der Waals surface area (Å²) >= 11 is 0. The normalized spacial score (nSPS) is 27.8. The van der Waals surface area contributed by atoms with Gasteiger partial charge in [0.15, 0.2) is 0 Å². The summed E-state index contributed by atoms with van der Waals surface area (Å²) in [5.41, 5.74) is 6.24. The molecule has 1 aliphatic rings. The van der Waals surface area contributed by atoms with E-state index in [4.69, 9.17) is 0 Å². The van der Waals surface area contributed by atoms with Crippen molar-refractivity contribution < 1.29 is 4.59 Å². The first-order chi connectivity index (χ1) is 3.71. The Morgan fingerprint density at radius 3 is 2.38 bits per heavy atom. The maximum Gasteiger partial charge on any atom is 0.0982 e. The lowest BCUT2D eigenvalue weighted by molar-refractivity contribution is -0.944. The molecule has 3 heteroatoms. The molecule has 3 nitrogen and oxygen atoms in total. The molecule has 0 aromatic carbocycles. The number of hydrazine groups is 1. The first-order valence-electron chi connectivity index (χ1n) is 3.04. The van der Waals surface area contributed by atoms with Crippen LogP contribution in [0.4, 0.5) is 0 Å². The van der Waals surface area contributed by atoms with Gasteiger partial charge in [-0.2, -0.15) is 0 Å². The SMILES string of the molecule is C[N+]1(C)CCCNN1. The van der Waals surface area contributed by atoms with Crippen LogP contribution < -0.4 is 11.0 Å². The summed E-state index contributed by atoms with van der Waals surface area (Å²) in [7, 11) is 4.29. The third-order valence-corrected chi connectivity index (χ3v) is 1.40. The number of quaternary nitrogens is 1. The molecule has 0 unspecified atom stereocenters. The van der Waals surface area contributed by atoms with E-state index >= 15 is 0 Å². The Hall–Kier alpha value is -0.120. The van der Waals surface area contributed by atoms with Crippen LogP contribution in [0, 0.1) is 0 Å². The van der Waals surface area contributed by atoms with Gasteiger partial charge in [0, 0.05) is 13.0 Å². The average molecular weight is 116 g/mol. The molecule has 0 amide bonds. The van der Waals surface area contributed by atoms with Crippen LogP contribution in [-0.2, 0) is 0 Å². The lowest BCUT2D eigenvalue weighted by atomic mass is 10.4. The van der Waals surface area contributed by atoms with E-state index in [2.05, 4.69) is 25.1 Å². The van der Waals surface area contributed by atoms with E-state index in [1.165, 1.54) is 13.0 Å². The Kier molecular flexibility index (Phi) is 1.51. The van der Waals surface area contributed by atoms with Crippen molar-refractivity contribution in [3.8, 4) is 0 Å². The fourth-order valence-corrected chi connectivity index (χ4v) is 0.889. The molecule has 1 saturated heterocycles. The zero-order valence-electron chi connectivity index (χ0n) is 5.57. The molecule has 0 spiro atoms. The monoisotopic (exact) mass is 116 g/mol. The molecule has 1 rings (SSSR count). The Bertz CT molecular complexity index is 71.7. The molecule has 1 fully saturated rings.